The van der Waals surface area contributed by atoms with Crippen molar-refractivity contribution in [3.8, 4) is 0 Å². The van der Waals surface area contributed by atoms with Crippen LogP contribution in [0.3, 0.4) is 0 Å². The summed E-state index contributed by atoms with van der Waals surface area (Å²) >= 11 is 3.44. The fourth-order valence-corrected chi connectivity index (χ4v) is 5.98. The molecule has 104 valence electrons. The van der Waals surface area contributed by atoms with Crippen LogP contribution in [0.2, 0.25) is 0 Å². The van der Waals surface area contributed by atoms with E-state index in [9.17, 15) is 5.11 Å². The molecule has 4 fully saturated rings. The summed E-state index contributed by atoms with van der Waals surface area (Å²) in [5.41, 5.74) is 0.953. The van der Waals surface area contributed by atoms with Gasteiger partial charge in [0, 0.05) is 12.5 Å². The lowest BCUT2D eigenvalue weighted by atomic mass is 9.48. The standard InChI is InChI=1S/C14H20BrN3O/c1-18-11(13(15)16-17-18)12(19)14-5-8-2-9(6-14)4-10(3-8)7-14/h8-10,12,19H,2-7H2,1H3. The Morgan fingerprint density at radius 2 is 1.74 bits per heavy atom. The van der Waals surface area contributed by atoms with Crippen LogP contribution in [0.15, 0.2) is 4.60 Å². The molecule has 5 rings (SSSR count). The van der Waals surface area contributed by atoms with E-state index < -0.39 is 6.10 Å². The third-order valence-corrected chi connectivity index (χ3v) is 6.32. The summed E-state index contributed by atoms with van der Waals surface area (Å²) in [6.45, 7) is 0. The van der Waals surface area contributed by atoms with Crippen molar-refractivity contribution in [2.45, 2.75) is 44.6 Å². The average Bonchev–Trinajstić information content (AvgIpc) is 2.66. The summed E-state index contributed by atoms with van der Waals surface area (Å²) in [4.78, 5) is 0. The monoisotopic (exact) mass is 325 g/mol. The van der Waals surface area contributed by atoms with Gasteiger partial charge >= 0.3 is 0 Å². The van der Waals surface area contributed by atoms with Crippen LogP contribution in [0, 0.1) is 23.2 Å². The summed E-state index contributed by atoms with van der Waals surface area (Å²) < 4.78 is 2.44. The van der Waals surface area contributed by atoms with Crippen LogP contribution in [0.4, 0.5) is 0 Å². The second-order valence-corrected chi connectivity index (χ2v) is 7.82. The lowest BCUT2D eigenvalue weighted by Crippen LogP contribution is -2.49. The zero-order chi connectivity index (χ0) is 13.2. The third-order valence-electron chi connectivity index (χ3n) is 5.75. The SMILES string of the molecule is Cn1nnc(Br)c1C(O)C12CC3CC(CC(C3)C1)C2. The van der Waals surface area contributed by atoms with Gasteiger partial charge in [-0.25, -0.2) is 4.68 Å². The highest BCUT2D eigenvalue weighted by molar-refractivity contribution is 9.10. The van der Waals surface area contributed by atoms with E-state index in [1.165, 1.54) is 38.5 Å². The minimum absolute atomic E-state index is 0.0900. The number of aromatic nitrogens is 3. The molecule has 4 nitrogen and oxygen atoms in total. The molecule has 0 spiro atoms. The van der Waals surface area contributed by atoms with Gasteiger partial charge in [0.2, 0.25) is 0 Å². The molecule has 1 heterocycles. The van der Waals surface area contributed by atoms with Crippen molar-refractivity contribution in [1.29, 1.82) is 0 Å². The predicted molar refractivity (Wildman–Crippen MR) is 74.3 cm³/mol. The molecule has 1 unspecified atom stereocenters. The molecular formula is C14H20BrN3O. The van der Waals surface area contributed by atoms with E-state index in [1.807, 2.05) is 7.05 Å². The van der Waals surface area contributed by atoms with Gasteiger partial charge in [-0.2, -0.15) is 0 Å². The minimum atomic E-state index is -0.421. The number of nitrogens with zero attached hydrogens (tertiary/aromatic N) is 3. The molecule has 4 saturated carbocycles. The topological polar surface area (TPSA) is 50.9 Å². The van der Waals surface area contributed by atoms with E-state index in [0.717, 1.165) is 23.4 Å². The largest absolute Gasteiger partial charge is 0.386 e. The first-order valence-electron chi connectivity index (χ1n) is 7.30. The van der Waals surface area contributed by atoms with Crippen LogP contribution >= 0.6 is 15.9 Å². The molecule has 4 aliphatic rings. The Kier molecular flexibility index (Phi) is 2.62. The zero-order valence-corrected chi connectivity index (χ0v) is 12.8. The maximum absolute atomic E-state index is 11.0. The smallest absolute Gasteiger partial charge is 0.154 e. The van der Waals surface area contributed by atoms with Crippen molar-refractivity contribution in [3.05, 3.63) is 10.3 Å². The van der Waals surface area contributed by atoms with Gasteiger partial charge in [-0.15, -0.1) is 5.10 Å². The molecule has 5 heteroatoms. The number of halogens is 1. The first-order chi connectivity index (χ1) is 9.07. The maximum atomic E-state index is 11.0. The van der Waals surface area contributed by atoms with Crippen LogP contribution in [0.5, 0.6) is 0 Å². The highest BCUT2D eigenvalue weighted by Crippen LogP contribution is 2.64. The van der Waals surface area contributed by atoms with E-state index in [2.05, 4.69) is 26.2 Å². The van der Waals surface area contributed by atoms with Gasteiger partial charge in [0.25, 0.3) is 0 Å². The Morgan fingerprint density at radius 1 is 1.21 bits per heavy atom. The van der Waals surface area contributed by atoms with Gasteiger partial charge in [-0.3, -0.25) is 0 Å². The van der Waals surface area contributed by atoms with Gasteiger partial charge in [0.05, 0.1) is 0 Å². The van der Waals surface area contributed by atoms with Crippen LogP contribution < -0.4 is 0 Å². The molecule has 0 aromatic carbocycles. The summed E-state index contributed by atoms with van der Waals surface area (Å²) in [7, 11) is 1.87. The number of aliphatic hydroxyl groups is 1. The van der Waals surface area contributed by atoms with Crippen molar-refractivity contribution in [3.63, 3.8) is 0 Å². The molecule has 1 N–H and O–H groups in total. The molecule has 19 heavy (non-hydrogen) atoms. The zero-order valence-electron chi connectivity index (χ0n) is 11.2. The molecule has 1 aromatic heterocycles. The van der Waals surface area contributed by atoms with E-state index in [-0.39, 0.29) is 5.41 Å². The molecular weight excluding hydrogens is 306 g/mol. The Bertz CT molecular complexity index is 458. The molecule has 4 bridgehead atoms. The van der Waals surface area contributed by atoms with E-state index in [0.29, 0.717) is 4.60 Å². The molecule has 0 aliphatic heterocycles. The van der Waals surface area contributed by atoms with Crippen molar-refractivity contribution in [1.82, 2.24) is 15.0 Å². The highest BCUT2D eigenvalue weighted by atomic mass is 79.9. The van der Waals surface area contributed by atoms with E-state index in [1.54, 1.807) is 4.68 Å². The van der Waals surface area contributed by atoms with Gasteiger partial charge in [-0.1, -0.05) is 5.21 Å². The number of rotatable bonds is 2. The van der Waals surface area contributed by atoms with Crippen molar-refractivity contribution in [2.24, 2.45) is 30.2 Å². The second kappa shape index (κ2) is 4.04. The quantitative estimate of drug-likeness (QED) is 0.909. The molecule has 0 radical (unpaired) electrons. The van der Waals surface area contributed by atoms with Gasteiger partial charge in [0.1, 0.15) is 11.8 Å². The van der Waals surface area contributed by atoms with Gasteiger partial charge in [-0.05, 0) is 72.2 Å². The van der Waals surface area contributed by atoms with Crippen molar-refractivity contribution in [2.75, 3.05) is 0 Å². The molecule has 1 atom stereocenters. The second-order valence-electron chi connectivity index (χ2n) is 7.07. The van der Waals surface area contributed by atoms with Crippen LogP contribution in [0.1, 0.15) is 50.3 Å². The fraction of sp³-hybridized carbons (Fsp3) is 0.857. The van der Waals surface area contributed by atoms with Gasteiger partial charge < -0.3 is 5.11 Å². The summed E-state index contributed by atoms with van der Waals surface area (Å²) in [5, 5.41) is 19.1. The van der Waals surface area contributed by atoms with E-state index >= 15 is 0 Å². The fourth-order valence-electron chi connectivity index (χ4n) is 5.43. The van der Waals surface area contributed by atoms with E-state index in [4.69, 9.17) is 0 Å². The molecule has 1 aromatic rings. The first-order valence-corrected chi connectivity index (χ1v) is 8.10. The average molecular weight is 326 g/mol. The lowest BCUT2D eigenvalue weighted by Gasteiger charge is -2.58. The minimum Gasteiger partial charge on any atom is -0.386 e. The molecule has 4 aliphatic carbocycles. The Labute approximate surface area is 121 Å². The molecule has 0 amide bonds. The van der Waals surface area contributed by atoms with Crippen LogP contribution in [-0.2, 0) is 7.05 Å². The predicted octanol–water partition coefficient (Wildman–Crippen LogP) is 2.83. The van der Waals surface area contributed by atoms with Gasteiger partial charge in [0.15, 0.2) is 4.60 Å². The maximum Gasteiger partial charge on any atom is 0.154 e. The lowest BCUT2D eigenvalue weighted by molar-refractivity contribution is -0.124. The van der Waals surface area contributed by atoms with Crippen LogP contribution in [0.25, 0.3) is 0 Å². The van der Waals surface area contributed by atoms with Crippen molar-refractivity contribution < 1.29 is 5.11 Å². The molecule has 0 saturated heterocycles. The summed E-state index contributed by atoms with van der Waals surface area (Å²) in [6, 6.07) is 0. The third kappa shape index (κ3) is 1.74. The summed E-state index contributed by atoms with van der Waals surface area (Å²) in [6.07, 6.45) is 7.35. The Hall–Kier alpha value is -0.420. The Morgan fingerprint density at radius 3 is 2.16 bits per heavy atom. The number of hydrogen-bond acceptors (Lipinski definition) is 3. The summed E-state index contributed by atoms with van der Waals surface area (Å²) in [5.74, 6) is 2.54. The first kappa shape index (κ1) is 12.3. The Balaban J connectivity index is 1.72. The number of aliphatic hydroxyl groups excluding tert-OH is 1. The highest BCUT2D eigenvalue weighted by Gasteiger charge is 2.55. The van der Waals surface area contributed by atoms with Crippen LogP contribution in [-0.4, -0.2) is 20.1 Å². The number of hydrogen-bond donors (Lipinski definition) is 1. The van der Waals surface area contributed by atoms with Crippen molar-refractivity contribution >= 4 is 15.9 Å². The normalized spacial score (nSPS) is 41.7. The number of aryl methyl sites for hydroxylation is 1.